The van der Waals surface area contributed by atoms with E-state index in [1.165, 1.54) is 22.3 Å². The van der Waals surface area contributed by atoms with Crippen LogP contribution in [0.15, 0.2) is 60.9 Å². The average molecular weight is 435 g/mol. The Labute approximate surface area is 191 Å². The monoisotopic (exact) mass is 434 g/mol. The molecule has 1 unspecified atom stereocenters. The number of aliphatic hydroxyl groups excluding tert-OH is 1. The van der Waals surface area contributed by atoms with Crippen molar-refractivity contribution in [3.8, 4) is 5.75 Å². The van der Waals surface area contributed by atoms with Gasteiger partial charge in [0.15, 0.2) is 0 Å². The molecule has 2 heterocycles. The van der Waals surface area contributed by atoms with Crippen LogP contribution >= 0.6 is 0 Å². The lowest BCUT2D eigenvalue weighted by Crippen LogP contribution is -2.38. The number of aliphatic hydroxyl groups is 1. The van der Waals surface area contributed by atoms with E-state index in [2.05, 4.69) is 64.5 Å². The Kier molecular flexibility index (Phi) is 7.58. The minimum Gasteiger partial charge on any atom is -0.491 e. The molecule has 4 rings (SSSR count). The van der Waals surface area contributed by atoms with Crippen LogP contribution in [0.5, 0.6) is 5.75 Å². The SMILES string of the molecule is CN(CCc1cnn(C)c1)Cc1cccc(OCC(O)CN2CCc3ccccc3C2)c1. The number of rotatable bonds is 10. The van der Waals surface area contributed by atoms with Crippen molar-refractivity contribution in [3.63, 3.8) is 0 Å². The molecule has 1 aliphatic rings. The summed E-state index contributed by atoms with van der Waals surface area (Å²) in [6, 6.07) is 16.8. The Morgan fingerprint density at radius 3 is 2.78 bits per heavy atom. The van der Waals surface area contributed by atoms with Gasteiger partial charge in [0.1, 0.15) is 18.5 Å². The van der Waals surface area contributed by atoms with Crippen LogP contribution in [-0.4, -0.2) is 64.1 Å². The fourth-order valence-electron chi connectivity index (χ4n) is 4.30. The van der Waals surface area contributed by atoms with E-state index in [1.54, 1.807) is 0 Å². The van der Waals surface area contributed by atoms with Crippen LogP contribution in [-0.2, 0) is 33.0 Å². The molecular formula is C26H34N4O2. The highest BCUT2D eigenvalue weighted by Crippen LogP contribution is 2.19. The largest absolute Gasteiger partial charge is 0.491 e. The van der Waals surface area contributed by atoms with E-state index < -0.39 is 6.10 Å². The quantitative estimate of drug-likeness (QED) is 0.532. The summed E-state index contributed by atoms with van der Waals surface area (Å²) in [5.74, 6) is 0.811. The zero-order valence-corrected chi connectivity index (χ0v) is 19.2. The maximum absolute atomic E-state index is 10.5. The predicted molar refractivity (Wildman–Crippen MR) is 127 cm³/mol. The molecular weight excluding hydrogens is 400 g/mol. The first-order valence-electron chi connectivity index (χ1n) is 11.4. The number of aryl methyl sites for hydroxylation is 1. The van der Waals surface area contributed by atoms with E-state index in [-0.39, 0.29) is 0 Å². The van der Waals surface area contributed by atoms with E-state index in [0.717, 1.165) is 44.8 Å². The molecule has 6 heteroatoms. The molecule has 0 radical (unpaired) electrons. The standard InChI is InChI=1S/C26H34N4O2/c1-28(12-10-22-15-27-29(2)17-22)16-21-6-5-9-26(14-21)32-20-25(31)19-30-13-11-23-7-3-4-8-24(23)18-30/h3-9,14-15,17,25,31H,10-13,16,18-20H2,1-2H3. The molecule has 6 nitrogen and oxygen atoms in total. The van der Waals surface area contributed by atoms with Gasteiger partial charge in [0.05, 0.1) is 6.20 Å². The summed E-state index contributed by atoms with van der Waals surface area (Å²) in [5, 5.41) is 14.8. The van der Waals surface area contributed by atoms with Crippen molar-refractivity contribution in [3.05, 3.63) is 83.2 Å². The number of fused-ring (bicyclic) bond motifs is 1. The minimum absolute atomic E-state index is 0.304. The van der Waals surface area contributed by atoms with Crippen LogP contribution < -0.4 is 4.74 Å². The highest BCUT2D eigenvalue weighted by molar-refractivity contribution is 5.29. The Morgan fingerprint density at radius 1 is 1.12 bits per heavy atom. The predicted octanol–water partition coefficient (Wildman–Crippen LogP) is 2.89. The number of likely N-dealkylation sites (N-methyl/N-ethyl adjacent to an activating group) is 1. The third-order valence-corrected chi connectivity index (χ3v) is 6.01. The van der Waals surface area contributed by atoms with Crippen molar-refractivity contribution in [2.75, 3.05) is 33.3 Å². The molecule has 0 fully saturated rings. The zero-order chi connectivity index (χ0) is 22.3. The molecule has 1 N–H and O–H groups in total. The number of hydrogen-bond donors (Lipinski definition) is 1. The Hall–Kier alpha value is -2.67. The summed E-state index contributed by atoms with van der Waals surface area (Å²) in [4.78, 5) is 4.61. The van der Waals surface area contributed by atoms with Crippen molar-refractivity contribution >= 4 is 0 Å². The van der Waals surface area contributed by atoms with Gasteiger partial charge in [-0.1, -0.05) is 36.4 Å². The molecule has 0 aliphatic carbocycles. The second-order valence-corrected chi connectivity index (χ2v) is 8.88. The zero-order valence-electron chi connectivity index (χ0n) is 19.2. The van der Waals surface area contributed by atoms with E-state index in [1.807, 2.05) is 30.1 Å². The fraction of sp³-hybridized carbons (Fsp3) is 0.423. The molecule has 1 aromatic heterocycles. The molecule has 1 atom stereocenters. The van der Waals surface area contributed by atoms with Crippen LogP contribution in [0, 0.1) is 0 Å². The molecule has 0 saturated heterocycles. The van der Waals surface area contributed by atoms with Gasteiger partial charge in [-0.25, -0.2) is 0 Å². The topological polar surface area (TPSA) is 53.8 Å². The Balaban J connectivity index is 1.21. The van der Waals surface area contributed by atoms with E-state index in [4.69, 9.17) is 4.74 Å². The number of hydrogen-bond acceptors (Lipinski definition) is 5. The second kappa shape index (κ2) is 10.8. The maximum atomic E-state index is 10.5. The van der Waals surface area contributed by atoms with Gasteiger partial charge >= 0.3 is 0 Å². The van der Waals surface area contributed by atoms with E-state index in [0.29, 0.717) is 13.2 Å². The van der Waals surface area contributed by atoms with E-state index >= 15 is 0 Å². The first-order chi connectivity index (χ1) is 15.5. The number of benzene rings is 2. The lowest BCUT2D eigenvalue weighted by atomic mass is 10.00. The van der Waals surface area contributed by atoms with Crippen molar-refractivity contribution in [2.24, 2.45) is 7.05 Å². The third kappa shape index (κ3) is 6.42. The van der Waals surface area contributed by atoms with E-state index in [9.17, 15) is 5.11 Å². The highest BCUT2D eigenvalue weighted by atomic mass is 16.5. The fourth-order valence-corrected chi connectivity index (χ4v) is 4.30. The normalized spacial score (nSPS) is 15.0. The Morgan fingerprint density at radius 2 is 1.97 bits per heavy atom. The van der Waals surface area contributed by atoms with Gasteiger partial charge in [0, 0.05) is 46.0 Å². The van der Waals surface area contributed by atoms with Crippen LogP contribution in [0.3, 0.4) is 0 Å². The summed E-state index contributed by atoms with van der Waals surface area (Å²) in [5.41, 5.74) is 5.25. The molecule has 32 heavy (non-hydrogen) atoms. The number of β-amino-alcohol motifs (C(OH)–C–C–N with tert-alkyl or cyclic N) is 1. The van der Waals surface area contributed by atoms with Crippen molar-refractivity contribution in [1.29, 1.82) is 0 Å². The van der Waals surface area contributed by atoms with Crippen molar-refractivity contribution < 1.29 is 9.84 Å². The van der Waals surface area contributed by atoms with Crippen LogP contribution in [0.4, 0.5) is 0 Å². The summed E-state index contributed by atoms with van der Waals surface area (Å²) in [6.07, 6.45) is 5.51. The molecule has 0 amide bonds. The second-order valence-electron chi connectivity index (χ2n) is 8.88. The number of nitrogens with zero attached hydrogens (tertiary/aromatic N) is 4. The molecule has 0 spiro atoms. The lowest BCUT2D eigenvalue weighted by Gasteiger charge is -2.30. The Bertz CT molecular complexity index is 1000. The lowest BCUT2D eigenvalue weighted by molar-refractivity contribution is 0.0637. The summed E-state index contributed by atoms with van der Waals surface area (Å²) in [7, 11) is 4.08. The maximum Gasteiger partial charge on any atom is 0.119 e. The molecule has 1 aliphatic heterocycles. The molecule has 0 saturated carbocycles. The van der Waals surface area contributed by atoms with Gasteiger partial charge in [-0.05, 0) is 54.3 Å². The highest BCUT2D eigenvalue weighted by Gasteiger charge is 2.18. The van der Waals surface area contributed by atoms with Gasteiger partial charge in [-0.15, -0.1) is 0 Å². The van der Waals surface area contributed by atoms with Gasteiger partial charge in [0.25, 0.3) is 0 Å². The van der Waals surface area contributed by atoms with Gasteiger partial charge in [0.2, 0.25) is 0 Å². The molecule has 3 aromatic rings. The molecule has 0 bridgehead atoms. The molecule has 170 valence electrons. The van der Waals surface area contributed by atoms with Crippen LogP contribution in [0.1, 0.15) is 22.3 Å². The summed E-state index contributed by atoms with van der Waals surface area (Å²) < 4.78 is 7.77. The first-order valence-corrected chi connectivity index (χ1v) is 11.4. The van der Waals surface area contributed by atoms with Crippen LogP contribution in [0.2, 0.25) is 0 Å². The average Bonchev–Trinajstić information content (AvgIpc) is 3.22. The minimum atomic E-state index is -0.508. The van der Waals surface area contributed by atoms with Gasteiger partial charge in [-0.3, -0.25) is 9.58 Å². The first kappa shape index (κ1) is 22.5. The third-order valence-electron chi connectivity index (χ3n) is 6.01. The van der Waals surface area contributed by atoms with Crippen LogP contribution in [0.25, 0.3) is 0 Å². The summed E-state index contributed by atoms with van der Waals surface area (Å²) in [6.45, 7) is 4.63. The summed E-state index contributed by atoms with van der Waals surface area (Å²) >= 11 is 0. The van der Waals surface area contributed by atoms with Gasteiger partial charge < -0.3 is 14.7 Å². The number of ether oxygens (including phenoxy) is 1. The van der Waals surface area contributed by atoms with Crippen molar-refractivity contribution in [2.45, 2.75) is 32.0 Å². The number of aromatic nitrogens is 2. The van der Waals surface area contributed by atoms with Crippen molar-refractivity contribution in [1.82, 2.24) is 19.6 Å². The van der Waals surface area contributed by atoms with Gasteiger partial charge in [-0.2, -0.15) is 5.10 Å². The smallest absolute Gasteiger partial charge is 0.119 e. The molecule has 2 aromatic carbocycles.